The third-order valence-corrected chi connectivity index (χ3v) is 4.22. The fraction of sp³-hybridized carbons (Fsp3) is 0.625. The van der Waals surface area contributed by atoms with Crippen LogP contribution in [0.25, 0.3) is 0 Å². The van der Waals surface area contributed by atoms with Crippen molar-refractivity contribution in [3.8, 4) is 5.75 Å². The molecular formula is C16H28N2O. The first-order valence-electron chi connectivity index (χ1n) is 7.17. The Bertz CT molecular complexity index is 386. The quantitative estimate of drug-likeness (QED) is 0.822. The summed E-state index contributed by atoms with van der Waals surface area (Å²) >= 11 is 0. The highest BCUT2D eigenvalue weighted by atomic mass is 16.5. The van der Waals surface area contributed by atoms with Crippen LogP contribution < -0.4 is 10.5 Å². The number of rotatable bonds is 7. The zero-order chi connectivity index (χ0) is 14.5. The smallest absolute Gasteiger partial charge is 0.119 e. The molecule has 0 radical (unpaired) electrons. The summed E-state index contributed by atoms with van der Waals surface area (Å²) in [6, 6.07) is 8.15. The Hall–Kier alpha value is -1.06. The summed E-state index contributed by atoms with van der Waals surface area (Å²) in [4.78, 5) is 2.25. The molecule has 0 fully saturated rings. The van der Waals surface area contributed by atoms with Crippen molar-refractivity contribution in [2.45, 2.75) is 45.2 Å². The van der Waals surface area contributed by atoms with Gasteiger partial charge in [-0.1, -0.05) is 26.0 Å². The molecule has 0 spiro atoms. The molecule has 0 saturated heterocycles. The molecular weight excluding hydrogens is 236 g/mol. The van der Waals surface area contributed by atoms with Crippen molar-refractivity contribution >= 4 is 0 Å². The first-order chi connectivity index (χ1) is 9.01. The zero-order valence-electron chi connectivity index (χ0n) is 12.9. The van der Waals surface area contributed by atoms with Crippen molar-refractivity contribution in [3.63, 3.8) is 0 Å². The third-order valence-electron chi connectivity index (χ3n) is 4.22. The summed E-state index contributed by atoms with van der Waals surface area (Å²) in [5.74, 6) is 0.898. The molecule has 0 saturated carbocycles. The Morgan fingerprint density at radius 3 is 2.32 bits per heavy atom. The number of likely N-dealkylation sites (N-methyl/N-ethyl adjacent to an activating group) is 1. The van der Waals surface area contributed by atoms with Gasteiger partial charge in [0.2, 0.25) is 0 Å². The summed E-state index contributed by atoms with van der Waals surface area (Å²) in [6.45, 7) is 7.08. The summed E-state index contributed by atoms with van der Waals surface area (Å²) in [7, 11) is 4.22. The molecule has 2 N–H and O–H groups in total. The zero-order valence-corrected chi connectivity index (χ0v) is 12.9. The fourth-order valence-corrected chi connectivity index (χ4v) is 2.88. The van der Waals surface area contributed by atoms with Gasteiger partial charge in [0.25, 0.3) is 0 Å². The topological polar surface area (TPSA) is 38.5 Å². The van der Waals surface area contributed by atoms with E-state index in [1.807, 2.05) is 19.1 Å². The molecule has 0 aliphatic rings. The normalized spacial score (nSPS) is 13.6. The van der Waals surface area contributed by atoms with Crippen LogP contribution in [0.5, 0.6) is 5.75 Å². The summed E-state index contributed by atoms with van der Waals surface area (Å²) in [5.41, 5.74) is 7.70. The lowest BCUT2D eigenvalue weighted by Crippen LogP contribution is -2.51. The van der Waals surface area contributed by atoms with Crippen LogP contribution in [-0.2, 0) is 0 Å². The van der Waals surface area contributed by atoms with E-state index in [4.69, 9.17) is 10.5 Å². The molecule has 1 aromatic rings. The van der Waals surface area contributed by atoms with Crippen LogP contribution in [0.1, 0.15) is 45.2 Å². The molecule has 0 amide bonds. The van der Waals surface area contributed by atoms with E-state index >= 15 is 0 Å². The molecule has 1 atom stereocenters. The number of benzene rings is 1. The number of nitrogens with two attached hydrogens (primary N) is 1. The van der Waals surface area contributed by atoms with E-state index < -0.39 is 0 Å². The second-order valence-corrected chi connectivity index (χ2v) is 5.19. The average molecular weight is 264 g/mol. The summed E-state index contributed by atoms with van der Waals surface area (Å²) in [5, 5.41) is 0. The van der Waals surface area contributed by atoms with Crippen LogP contribution in [-0.4, -0.2) is 31.1 Å². The number of ether oxygens (including phenoxy) is 1. The van der Waals surface area contributed by atoms with Crippen LogP contribution in [0.4, 0.5) is 0 Å². The van der Waals surface area contributed by atoms with Gasteiger partial charge >= 0.3 is 0 Å². The van der Waals surface area contributed by atoms with Crippen molar-refractivity contribution in [3.05, 3.63) is 29.8 Å². The van der Waals surface area contributed by atoms with Crippen molar-refractivity contribution in [2.24, 2.45) is 5.73 Å². The molecule has 0 aromatic heterocycles. The first-order valence-corrected chi connectivity index (χ1v) is 7.17. The van der Waals surface area contributed by atoms with E-state index in [0.717, 1.165) is 24.2 Å². The van der Waals surface area contributed by atoms with Crippen molar-refractivity contribution in [1.82, 2.24) is 4.90 Å². The highest BCUT2D eigenvalue weighted by Crippen LogP contribution is 2.35. The predicted octanol–water partition coefficient (Wildman–Crippen LogP) is 3.21. The van der Waals surface area contributed by atoms with Crippen molar-refractivity contribution in [1.29, 1.82) is 0 Å². The van der Waals surface area contributed by atoms with E-state index in [1.165, 1.54) is 0 Å². The van der Waals surface area contributed by atoms with Crippen LogP contribution in [0.3, 0.4) is 0 Å². The largest absolute Gasteiger partial charge is 0.494 e. The minimum Gasteiger partial charge on any atom is -0.494 e. The second kappa shape index (κ2) is 6.92. The van der Waals surface area contributed by atoms with Gasteiger partial charge < -0.3 is 15.4 Å². The Balaban J connectivity index is 3.09. The van der Waals surface area contributed by atoms with Gasteiger partial charge in [0, 0.05) is 11.6 Å². The molecule has 3 heteroatoms. The molecule has 0 heterocycles. The molecule has 0 aliphatic heterocycles. The minimum absolute atomic E-state index is 0.00909. The van der Waals surface area contributed by atoms with Crippen LogP contribution in [0.2, 0.25) is 0 Å². The number of hydrogen-bond acceptors (Lipinski definition) is 3. The Morgan fingerprint density at radius 1 is 1.21 bits per heavy atom. The SMILES string of the molecule is CCOc1cccc(C(N)C(CC)(CC)N(C)C)c1. The van der Waals surface area contributed by atoms with Gasteiger partial charge in [0.15, 0.2) is 0 Å². The van der Waals surface area contributed by atoms with E-state index in [9.17, 15) is 0 Å². The maximum atomic E-state index is 6.56. The average Bonchev–Trinajstić information content (AvgIpc) is 2.41. The van der Waals surface area contributed by atoms with Crippen molar-refractivity contribution in [2.75, 3.05) is 20.7 Å². The minimum atomic E-state index is -0.0158. The van der Waals surface area contributed by atoms with Crippen LogP contribution in [0.15, 0.2) is 24.3 Å². The number of hydrogen-bond donors (Lipinski definition) is 1. The number of nitrogens with zero attached hydrogens (tertiary/aromatic N) is 1. The lowest BCUT2D eigenvalue weighted by molar-refractivity contribution is 0.106. The van der Waals surface area contributed by atoms with Gasteiger partial charge in [-0.3, -0.25) is 0 Å². The van der Waals surface area contributed by atoms with Gasteiger partial charge in [0.05, 0.1) is 6.61 Å². The molecule has 19 heavy (non-hydrogen) atoms. The second-order valence-electron chi connectivity index (χ2n) is 5.19. The maximum absolute atomic E-state index is 6.56. The van der Waals surface area contributed by atoms with Gasteiger partial charge in [-0.2, -0.15) is 0 Å². The molecule has 1 unspecified atom stereocenters. The Morgan fingerprint density at radius 2 is 1.84 bits per heavy atom. The maximum Gasteiger partial charge on any atom is 0.119 e. The monoisotopic (exact) mass is 264 g/mol. The molecule has 1 rings (SSSR count). The first kappa shape index (κ1) is 16.0. The van der Waals surface area contributed by atoms with Gasteiger partial charge in [-0.15, -0.1) is 0 Å². The molecule has 0 aliphatic carbocycles. The standard InChI is InChI=1S/C16H28N2O/c1-6-16(7-2,18(4)5)15(17)13-10-9-11-14(12-13)19-8-3/h9-12,15H,6-8,17H2,1-5H3. The highest BCUT2D eigenvalue weighted by molar-refractivity contribution is 5.32. The van der Waals surface area contributed by atoms with Crippen LogP contribution in [0, 0.1) is 0 Å². The predicted molar refractivity (Wildman–Crippen MR) is 81.5 cm³/mol. The fourth-order valence-electron chi connectivity index (χ4n) is 2.88. The van der Waals surface area contributed by atoms with Crippen molar-refractivity contribution < 1.29 is 4.74 Å². The lowest BCUT2D eigenvalue weighted by Gasteiger charge is -2.43. The van der Waals surface area contributed by atoms with E-state index in [0.29, 0.717) is 6.61 Å². The lowest BCUT2D eigenvalue weighted by atomic mass is 9.80. The van der Waals surface area contributed by atoms with Gasteiger partial charge in [0.1, 0.15) is 5.75 Å². The Labute approximate surface area is 117 Å². The molecule has 0 bridgehead atoms. The Kier molecular flexibility index (Phi) is 5.83. The summed E-state index contributed by atoms with van der Waals surface area (Å²) in [6.07, 6.45) is 2.05. The van der Waals surface area contributed by atoms with E-state index in [2.05, 4.69) is 45.0 Å². The molecule has 1 aromatic carbocycles. The molecule has 108 valence electrons. The van der Waals surface area contributed by atoms with E-state index in [1.54, 1.807) is 0 Å². The molecule has 3 nitrogen and oxygen atoms in total. The van der Waals surface area contributed by atoms with Gasteiger partial charge in [-0.25, -0.2) is 0 Å². The third kappa shape index (κ3) is 3.28. The van der Waals surface area contributed by atoms with Gasteiger partial charge in [-0.05, 0) is 51.6 Å². The highest BCUT2D eigenvalue weighted by Gasteiger charge is 2.36. The van der Waals surface area contributed by atoms with Crippen LogP contribution >= 0.6 is 0 Å². The summed E-state index contributed by atoms with van der Waals surface area (Å²) < 4.78 is 5.57. The van der Waals surface area contributed by atoms with E-state index in [-0.39, 0.29) is 11.6 Å².